The molecule has 0 saturated carbocycles. The normalized spacial score (nSPS) is 11.0. The summed E-state index contributed by atoms with van der Waals surface area (Å²) in [6, 6.07) is 6.48. The molecule has 4 heteroatoms. The highest BCUT2D eigenvalue weighted by Gasteiger charge is 2.12. The number of hydrogen-bond donors (Lipinski definition) is 1. The second-order valence-electron chi connectivity index (χ2n) is 4.01. The smallest absolute Gasteiger partial charge is 0.172 e. The van der Waals surface area contributed by atoms with Gasteiger partial charge in [-0.1, -0.05) is 25.1 Å². The van der Waals surface area contributed by atoms with E-state index in [0.717, 1.165) is 5.56 Å². The van der Waals surface area contributed by atoms with Crippen molar-refractivity contribution in [2.75, 3.05) is 5.73 Å². The van der Waals surface area contributed by atoms with E-state index in [1.54, 1.807) is 12.1 Å². The fourth-order valence-corrected chi connectivity index (χ4v) is 1.51. The molecule has 1 heterocycles. The number of anilines is 1. The van der Waals surface area contributed by atoms with Gasteiger partial charge in [-0.25, -0.2) is 4.39 Å². The van der Waals surface area contributed by atoms with Crippen LogP contribution in [0, 0.1) is 5.82 Å². The summed E-state index contributed by atoms with van der Waals surface area (Å²) in [6.45, 7) is 4.09. The van der Waals surface area contributed by atoms with Gasteiger partial charge < -0.3 is 10.3 Å². The summed E-state index contributed by atoms with van der Waals surface area (Å²) in [7, 11) is 0. The minimum atomic E-state index is -0.333. The molecule has 2 aromatic rings. The van der Waals surface area contributed by atoms with E-state index < -0.39 is 0 Å². The number of hydrogen-bond acceptors (Lipinski definition) is 3. The minimum Gasteiger partial charge on any atom is -0.381 e. The maximum absolute atomic E-state index is 13.6. The molecular formula is C12H13FN2O. The highest BCUT2D eigenvalue weighted by atomic mass is 19.1. The first-order valence-electron chi connectivity index (χ1n) is 5.10. The van der Waals surface area contributed by atoms with Gasteiger partial charge in [0, 0.05) is 6.07 Å². The lowest BCUT2D eigenvalue weighted by Crippen LogP contribution is -1.90. The van der Waals surface area contributed by atoms with E-state index in [-0.39, 0.29) is 11.6 Å². The van der Waals surface area contributed by atoms with Gasteiger partial charge in [-0.3, -0.25) is 0 Å². The lowest BCUT2D eigenvalue weighted by molar-refractivity contribution is 0.433. The second-order valence-corrected chi connectivity index (χ2v) is 4.01. The van der Waals surface area contributed by atoms with Gasteiger partial charge in [-0.15, -0.1) is 0 Å². The number of halogens is 1. The van der Waals surface area contributed by atoms with Crippen molar-refractivity contribution in [3.63, 3.8) is 0 Å². The summed E-state index contributed by atoms with van der Waals surface area (Å²) in [6.07, 6.45) is 0. The lowest BCUT2D eigenvalue weighted by Gasteiger charge is -2.07. The Morgan fingerprint density at radius 1 is 1.31 bits per heavy atom. The molecule has 1 aromatic heterocycles. The number of aromatic nitrogens is 1. The predicted molar refractivity (Wildman–Crippen MR) is 60.4 cm³/mol. The molecular weight excluding hydrogens is 207 g/mol. The molecule has 3 nitrogen and oxygen atoms in total. The first-order chi connectivity index (χ1) is 7.58. The molecule has 0 atom stereocenters. The number of nitrogens with two attached hydrogens (primary N) is 1. The van der Waals surface area contributed by atoms with Crippen LogP contribution in [0.2, 0.25) is 0 Å². The van der Waals surface area contributed by atoms with Crippen LogP contribution in [0.4, 0.5) is 10.2 Å². The van der Waals surface area contributed by atoms with E-state index in [1.165, 1.54) is 12.1 Å². The van der Waals surface area contributed by atoms with Crippen LogP contribution in [0.5, 0.6) is 0 Å². The van der Waals surface area contributed by atoms with E-state index >= 15 is 0 Å². The number of nitrogens with zero attached hydrogens (tertiary/aromatic N) is 1. The van der Waals surface area contributed by atoms with Gasteiger partial charge in [0.05, 0.1) is 5.56 Å². The summed E-state index contributed by atoms with van der Waals surface area (Å²) in [4.78, 5) is 0. The van der Waals surface area contributed by atoms with Gasteiger partial charge in [0.1, 0.15) is 5.82 Å². The van der Waals surface area contributed by atoms with Crippen LogP contribution in [-0.4, -0.2) is 5.16 Å². The van der Waals surface area contributed by atoms with Gasteiger partial charge in [-0.05, 0) is 23.6 Å². The van der Waals surface area contributed by atoms with Crippen LogP contribution >= 0.6 is 0 Å². The van der Waals surface area contributed by atoms with Gasteiger partial charge in [0.2, 0.25) is 0 Å². The van der Waals surface area contributed by atoms with Gasteiger partial charge >= 0.3 is 0 Å². The molecule has 16 heavy (non-hydrogen) atoms. The Kier molecular flexibility index (Phi) is 2.64. The van der Waals surface area contributed by atoms with Crippen molar-refractivity contribution >= 4 is 5.82 Å². The molecule has 2 N–H and O–H groups in total. The Morgan fingerprint density at radius 2 is 2.06 bits per heavy atom. The summed E-state index contributed by atoms with van der Waals surface area (Å²) in [5.41, 5.74) is 6.88. The zero-order chi connectivity index (χ0) is 11.7. The summed E-state index contributed by atoms with van der Waals surface area (Å²) in [5.74, 6) is 0.613. The van der Waals surface area contributed by atoms with E-state index in [9.17, 15) is 4.39 Å². The van der Waals surface area contributed by atoms with Crippen molar-refractivity contribution in [3.8, 4) is 11.3 Å². The van der Waals surface area contributed by atoms with Crippen LogP contribution in [0.1, 0.15) is 25.3 Å². The molecule has 0 aliphatic heterocycles. The molecule has 0 aliphatic rings. The fraction of sp³-hybridized carbons (Fsp3) is 0.250. The van der Waals surface area contributed by atoms with Crippen LogP contribution in [0.3, 0.4) is 0 Å². The third-order valence-electron chi connectivity index (χ3n) is 2.45. The third kappa shape index (κ3) is 1.91. The number of nitrogen functional groups attached to an aromatic ring is 1. The monoisotopic (exact) mass is 220 g/mol. The standard InChI is InChI=1S/C12H13FN2O/c1-7(2)8-3-4-10(13)9(5-8)11-6-12(14)15-16-11/h3-7H,1-2H3,(H2,14,15). The molecule has 0 saturated heterocycles. The van der Waals surface area contributed by atoms with E-state index in [4.69, 9.17) is 10.3 Å². The van der Waals surface area contributed by atoms with Gasteiger partial charge in [-0.2, -0.15) is 0 Å². The van der Waals surface area contributed by atoms with Crippen molar-refractivity contribution in [1.82, 2.24) is 5.16 Å². The third-order valence-corrected chi connectivity index (χ3v) is 2.45. The summed E-state index contributed by atoms with van der Waals surface area (Å²) in [5, 5.41) is 3.54. The van der Waals surface area contributed by atoms with Crippen LogP contribution in [-0.2, 0) is 0 Å². The lowest BCUT2D eigenvalue weighted by atomic mass is 9.99. The van der Waals surface area contributed by atoms with Crippen LogP contribution < -0.4 is 5.73 Å². The zero-order valence-electron chi connectivity index (χ0n) is 9.20. The molecule has 84 valence electrons. The summed E-state index contributed by atoms with van der Waals surface area (Å²) >= 11 is 0. The Hall–Kier alpha value is -1.84. The number of rotatable bonds is 2. The van der Waals surface area contributed by atoms with Gasteiger partial charge in [0.15, 0.2) is 11.6 Å². The fourth-order valence-electron chi connectivity index (χ4n) is 1.51. The number of benzene rings is 1. The molecule has 1 aromatic carbocycles. The van der Waals surface area contributed by atoms with Crippen molar-refractivity contribution in [2.45, 2.75) is 19.8 Å². The molecule has 0 spiro atoms. The topological polar surface area (TPSA) is 52.0 Å². The Balaban J connectivity index is 2.51. The maximum Gasteiger partial charge on any atom is 0.172 e. The Morgan fingerprint density at radius 3 is 2.62 bits per heavy atom. The first-order valence-corrected chi connectivity index (χ1v) is 5.10. The van der Waals surface area contributed by atoms with Crippen LogP contribution in [0.15, 0.2) is 28.8 Å². The largest absolute Gasteiger partial charge is 0.381 e. The molecule has 2 rings (SSSR count). The van der Waals surface area contributed by atoms with Crippen molar-refractivity contribution in [2.24, 2.45) is 0 Å². The Bertz CT molecular complexity index is 505. The summed E-state index contributed by atoms with van der Waals surface area (Å²) < 4.78 is 18.6. The molecule has 0 fully saturated rings. The van der Waals surface area contributed by atoms with Crippen molar-refractivity contribution in [3.05, 3.63) is 35.6 Å². The average molecular weight is 220 g/mol. The highest BCUT2D eigenvalue weighted by Crippen LogP contribution is 2.27. The average Bonchev–Trinajstić information content (AvgIpc) is 2.65. The van der Waals surface area contributed by atoms with Crippen LogP contribution in [0.25, 0.3) is 11.3 Å². The molecule has 0 unspecified atom stereocenters. The van der Waals surface area contributed by atoms with E-state index in [0.29, 0.717) is 17.2 Å². The molecule has 0 bridgehead atoms. The maximum atomic E-state index is 13.6. The molecule has 0 radical (unpaired) electrons. The quantitative estimate of drug-likeness (QED) is 0.845. The first kappa shape index (κ1) is 10.7. The molecule has 0 amide bonds. The van der Waals surface area contributed by atoms with E-state index in [1.807, 2.05) is 13.8 Å². The molecule has 0 aliphatic carbocycles. The zero-order valence-corrected chi connectivity index (χ0v) is 9.20. The van der Waals surface area contributed by atoms with Crippen molar-refractivity contribution in [1.29, 1.82) is 0 Å². The van der Waals surface area contributed by atoms with E-state index in [2.05, 4.69) is 5.16 Å². The van der Waals surface area contributed by atoms with Gasteiger partial charge in [0.25, 0.3) is 0 Å². The SMILES string of the molecule is CC(C)c1ccc(F)c(-c2cc(N)no2)c1. The minimum absolute atomic E-state index is 0.254. The second kappa shape index (κ2) is 3.96. The highest BCUT2D eigenvalue weighted by molar-refractivity contribution is 5.61. The van der Waals surface area contributed by atoms with Crippen molar-refractivity contribution < 1.29 is 8.91 Å². The Labute approximate surface area is 93.1 Å². The predicted octanol–water partition coefficient (Wildman–Crippen LogP) is 3.19.